The van der Waals surface area contributed by atoms with Crippen LogP contribution in [0.5, 0.6) is 5.75 Å². The van der Waals surface area contributed by atoms with Gasteiger partial charge in [0, 0.05) is 68.4 Å². The number of halogens is 15. The molecule has 8 rings (SSSR count). The first-order chi connectivity index (χ1) is 41.7. The molecule has 0 aromatic heterocycles. The van der Waals surface area contributed by atoms with Crippen molar-refractivity contribution in [1.82, 2.24) is 10.2 Å². The minimum atomic E-state index is -4.32. The number of phenolic OH excluding ortho intramolecular Hbond substituents is 1. The molecule has 0 amide bonds. The predicted octanol–water partition coefficient (Wildman–Crippen LogP) is 27.9. The van der Waals surface area contributed by atoms with Crippen LogP contribution in [0.15, 0.2) is 141 Å². The summed E-state index contributed by atoms with van der Waals surface area (Å²) in [6.07, 6.45) is -4.32. The van der Waals surface area contributed by atoms with Crippen LogP contribution in [-0.4, -0.2) is 42.7 Å². The van der Waals surface area contributed by atoms with Gasteiger partial charge in [-0.25, -0.2) is 8.78 Å². The van der Waals surface area contributed by atoms with Gasteiger partial charge in [-0.1, -0.05) is 241 Å². The molecule has 90 heavy (non-hydrogen) atoms. The third kappa shape index (κ3) is 35.1. The lowest BCUT2D eigenvalue weighted by Gasteiger charge is -2.28. The van der Waals surface area contributed by atoms with Crippen LogP contribution < -0.4 is 5.32 Å². The lowest BCUT2D eigenvalue weighted by atomic mass is 10.0. The summed E-state index contributed by atoms with van der Waals surface area (Å²) < 4.78 is 69.4. The van der Waals surface area contributed by atoms with Crippen LogP contribution in [0.4, 0.5) is 22.0 Å². The van der Waals surface area contributed by atoms with E-state index in [1.165, 1.54) is 69.1 Å². The van der Waals surface area contributed by atoms with E-state index < -0.39 is 11.7 Å². The molecule has 0 aliphatic carbocycles. The van der Waals surface area contributed by atoms with Crippen molar-refractivity contribution in [1.29, 1.82) is 0 Å². The molecule has 1 fully saturated rings. The van der Waals surface area contributed by atoms with Crippen molar-refractivity contribution >= 4 is 162 Å². The average Bonchev–Trinajstić information content (AvgIpc) is 3.10. The van der Waals surface area contributed by atoms with Crippen molar-refractivity contribution < 1.29 is 27.1 Å². The summed E-state index contributed by atoms with van der Waals surface area (Å²) in [6.45, 7) is 39.5. The van der Waals surface area contributed by atoms with Crippen molar-refractivity contribution in [3.63, 3.8) is 0 Å². The molecule has 1 aliphatic heterocycles. The fourth-order valence-corrected chi connectivity index (χ4v) is 13.1. The Labute approximate surface area is 622 Å². The number of nitrogens with one attached hydrogen (secondary N) is 1. The third-order valence-corrected chi connectivity index (χ3v) is 18.5. The summed E-state index contributed by atoms with van der Waals surface area (Å²) in [4.78, 5) is 2.53. The van der Waals surface area contributed by atoms with Gasteiger partial charge >= 0.3 is 6.18 Å². The Hall–Kier alpha value is -1.30. The second kappa shape index (κ2) is 44.5. The maximum absolute atomic E-state index is 13.1. The number of hydrogen-bond donors (Lipinski definition) is 2. The third-order valence-electron chi connectivity index (χ3n) is 13.3. The number of rotatable bonds is 9. The summed E-state index contributed by atoms with van der Waals surface area (Å²) in [7, 11) is 0. The summed E-state index contributed by atoms with van der Waals surface area (Å²) in [6, 6.07) is 38.1. The summed E-state index contributed by atoms with van der Waals surface area (Å²) in [5.41, 5.74) is 6.76. The second-order valence-electron chi connectivity index (χ2n) is 23.8. The molecule has 0 atom stereocenters. The van der Waals surface area contributed by atoms with Gasteiger partial charge in [0.25, 0.3) is 0 Å². The molecule has 1 saturated heterocycles. The van der Waals surface area contributed by atoms with E-state index in [9.17, 15) is 27.1 Å². The van der Waals surface area contributed by atoms with E-state index in [1.807, 2.05) is 102 Å². The lowest BCUT2D eigenvalue weighted by molar-refractivity contribution is -0.137. The van der Waals surface area contributed by atoms with Gasteiger partial charge < -0.3 is 15.3 Å². The minimum Gasteiger partial charge on any atom is -0.507 e. The maximum atomic E-state index is 13.1. The zero-order valence-corrected chi connectivity index (χ0v) is 68.6. The zero-order chi connectivity index (χ0) is 68.9. The van der Waals surface area contributed by atoms with Crippen LogP contribution in [0, 0.1) is 28.3 Å². The van der Waals surface area contributed by atoms with Crippen LogP contribution in [0.2, 0.25) is 20.1 Å². The van der Waals surface area contributed by atoms with Gasteiger partial charge in [-0.15, -0.1) is 0 Å². The van der Waals surface area contributed by atoms with Gasteiger partial charge in [0.2, 0.25) is 0 Å². The number of nitrogens with zero attached hydrogens (tertiary/aromatic N) is 1. The minimum absolute atomic E-state index is 0.0369. The molecule has 0 radical (unpaired) electrons. The van der Waals surface area contributed by atoms with Crippen molar-refractivity contribution in [2.75, 3.05) is 32.7 Å². The van der Waals surface area contributed by atoms with E-state index in [0.29, 0.717) is 40.9 Å². The van der Waals surface area contributed by atoms with Gasteiger partial charge in [0.1, 0.15) is 17.4 Å². The molecule has 0 bridgehead atoms. The highest BCUT2D eigenvalue weighted by atomic mass is 127. The van der Waals surface area contributed by atoms with E-state index >= 15 is 0 Å². The molecular formula is C72H89Br3Cl4F5I3N2O. The second-order valence-corrected chi connectivity index (χ2v) is 31.8. The lowest BCUT2D eigenvalue weighted by Crippen LogP contribution is -2.44. The molecular weight excluding hydrogens is 1770 g/mol. The van der Waals surface area contributed by atoms with Crippen molar-refractivity contribution in [3.8, 4) is 5.75 Å². The first-order valence-electron chi connectivity index (χ1n) is 29.8. The molecule has 0 spiro atoms. The van der Waals surface area contributed by atoms with Crippen molar-refractivity contribution in [2.24, 2.45) is 5.92 Å². The van der Waals surface area contributed by atoms with Gasteiger partial charge in [-0.3, -0.25) is 0 Å². The van der Waals surface area contributed by atoms with E-state index in [0.717, 1.165) is 55.3 Å². The highest BCUT2D eigenvalue weighted by Crippen LogP contribution is 2.34. The zero-order valence-electron chi connectivity index (χ0n) is 54.3. The molecule has 2 N–H and O–H groups in total. The summed E-state index contributed by atoms with van der Waals surface area (Å²) in [5.74, 6) is 3.56. The predicted molar refractivity (Wildman–Crippen MR) is 416 cm³/mol. The van der Waals surface area contributed by atoms with Crippen molar-refractivity contribution in [2.45, 2.75) is 158 Å². The molecule has 0 saturated carbocycles. The largest absolute Gasteiger partial charge is 0.507 e. The fraction of sp³-hybridized carbons (Fsp3) is 0.417. The number of piperazine rings is 1. The molecule has 0 unspecified atom stereocenters. The number of aromatic hydroxyl groups is 1. The molecule has 18 heteroatoms. The molecule has 498 valence electrons. The van der Waals surface area contributed by atoms with E-state index in [-0.39, 0.29) is 33.5 Å². The quantitative estimate of drug-likeness (QED) is 0.112. The standard InChI is InChI=1S/C10H10ClF3.2C9H10BrCl.C9H10BrI.C9H10ClF.C9H10FI.C9H11IO.C8H18N2/c1-6(2)7-3-8(10(12,13)14)5-9(11)4-7;1-6(2)8-4-3-7(11)5-9(8)10;1-6(2)8-4-3-7(10)5-9(8)11;1-6(2)8-4-3-7(11)5-9(8)10;1-6(2)7-3-4-8(10)9(11)5-7;1-6(2)8-4-3-7(11)5-9(8)10;1-6(2)7-3-4-8(10)9(11)5-7;1-8(2)7-10-5-3-9-4-6-10/h3-6H,1-2H3;5*3-6H,1-2H3;3-6,11H,1-2H3;8-9H,3-7H2,1-2H3. The van der Waals surface area contributed by atoms with E-state index in [1.54, 1.807) is 18.2 Å². The first kappa shape index (κ1) is 86.7. The van der Waals surface area contributed by atoms with Crippen molar-refractivity contribution in [3.05, 3.63) is 228 Å². The van der Waals surface area contributed by atoms with Gasteiger partial charge in [0.05, 0.1) is 14.2 Å². The number of benzene rings is 7. The molecule has 1 aliphatic rings. The van der Waals surface area contributed by atoms with Crippen LogP contribution in [0.3, 0.4) is 0 Å². The number of alkyl halides is 3. The fourth-order valence-electron chi connectivity index (χ4n) is 8.16. The Kier molecular flexibility index (Phi) is 42.9. The Balaban J connectivity index is 0.000000515. The van der Waals surface area contributed by atoms with Crippen LogP contribution >= 0.6 is 162 Å². The summed E-state index contributed by atoms with van der Waals surface area (Å²) in [5, 5.41) is 14.6. The Morgan fingerprint density at radius 2 is 0.933 bits per heavy atom. The normalized spacial score (nSPS) is 12.1. The highest BCUT2D eigenvalue weighted by Gasteiger charge is 2.31. The molecule has 7 aromatic carbocycles. The maximum Gasteiger partial charge on any atom is 0.416 e. The monoisotopic (exact) mass is 1850 g/mol. The van der Waals surface area contributed by atoms with E-state index in [4.69, 9.17) is 46.4 Å². The highest BCUT2D eigenvalue weighted by molar-refractivity contribution is 14.1. The Bertz CT molecular complexity index is 2960. The van der Waals surface area contributed by atoms with Gasteiger partial charge in [0.15, 0.2) is 0 Å². The van der Waals surface area contributed by atoms with E-state index in [2.05, 4.69) is 225 Å². The molecule has 1 heterocycles. The van der Waals surface area contributed by atoms with Gasteiger partial charge in [-0.2, -0.15) is 13.2 Å². The SMILES string of the molecule is CC(C)CN1CCNCC1.CC(C)c1cc(Cl)cc(C(F)(F)F)c1.CC(C)c1ccc(Br)cc1Cl.CC(C)c1ccc(Cl)c(F)c1.CC(C)c1ccc(Cl)cc1Br.CC(C)c1ccc(I)c(O)c1.CC(C)c1ccc(I)cc1Br.CC(C)c1ccc(I)cc1F. The molecule has 3 nitrogen and oxygen atoms in total. The van der Waals surface area contributed by atoms with Crippen LogP contribution in [-0.2, 0) is 6.18 Å². The number of phenols is 1. The number of hydrogen-bond acceptors (Lipinski definition) is 3. The first-order valence-corrected chi connectivity index (χ1v) is 36.9. The average molecular weight is 1860 g/mol. The Morgan fingerprint density at radius 1 is 0.467 bits per heavy atom. The topological polar surface area (TPSA) is 35.5 Å². The summed E-state index contributed by atoms with van der Waals surface area (Å²) >= 11 is 39.8. The van der Waals surface area contributed by atoms with Gasteiger partial charge in [-0.05, 0) is 245 Å². The van der Waals surface area contributed by atoms with Crippen LogP contribution in [0.25, 0.3) is 0 Å². The smallest absolute Gasteiger partial charge is 0.416 e. The van der Waals surface area contributed by atoms with Crippen LogP contribution in [0.1, 0.15) is 197 Å². The molecule has 7 aromatic rings. The Morgan fingerprint density at radius 3 is 1.37 bits per heavy atom.